The smallest absolute Gasteiger partial charge is 0.255 e. The van der Waals surface area contributed by atoms with Crippen LogP contribution in [0, 0.1) is 0 Å². The number of pyridine rings is 1. The Labute approximate surface area is 146 Å². The Balaban J connectivity index is 0.00000132. The lowest BCUT2D eigenvalue weighted by molar-refractivity contribution is 0.102. The molecule has 0 spiro atoms. The Morgan fingerprint density at radius 1 is 1.17 bits per heavy atom. The van der Waals surface area contributed by atoms with E-state index in [-0.39, 0.29) is 36.8 Å². The van der Waals surface area contributed by atoms with Gasteiger partial charge in [0.1, 0.15) is 5.65 Å². The first kappa shape index (κ1) is 19.0. The highest BCUT2D eigenvalue weighted by Crippen LogP contribution is 2.21. The van der Waals surface area contributed by atoms with Gasteiger partial charge in [0.05, 0.1) is 5.69 Å². The number of halogens is 2. The molecule has 1 aromatic carbocycles. The van der Waals surface area contributed by atoms with Gasteiger partial charge in [-0.1, -0.05) is 12.1 Å². The molecule has 0 unspecified atom stereocenters. The number of fused-ring (bicyclic) bond motifs is 1. The van der Waals surface area contributed by atoms with Crippen LogP contribution >= 0.6 is 24.8 Å². The molecule has 122 valence electrons. The lowest BCUT2D eigenvalue weighted by Gasteiger charge is -2.08. The van der Waals surface area contributed by atoms with Gasteiger partial charge in [0.25, 0.3) is 5.91 Å². The van der Waals surface area contributed by atoms with Crippen molar-refractivity contribution in [3.8, 4) is 0 Å². The number of rotatable bonds is 3. The minimum atomic E-state index is -0.153. The van der Waals surface area contributed by atoms with E-state index in [1.807, 2.05) is 25.1 Å². The molecule has 0 fully saturated rings. The Morgan fingerprint density at radius 3 is 2.52 bits per heavy atom. The summed E-state index contributed by atoms with van der Waals surface area (Å²) in [5, 5.41) is 3.79. The molecule has 3 rings (SSSR count). The van der Waals surface area contributed by atoms with Crippen LogP contribution in [0.1, 0.15) is 28.9 Å². The van der Waals surface area contributed by atoms with Crippen LogP contribution in [0.5, 0.6) is 0 Å². The van der Waals surface area contributed by atoms with Gasteiger partial charge < -0.3 is 16.0 Å². The molecule has 2 heterocycles. The molecule has 3 aromatic rings. The fourth-order valence-electron chi connectivity index (χ4n) is 2.20. The van der Waals surface area contributed by atoms with Crippen molar-refractivity contribution in [2.75, 3.05) is 5.32 Å². The van der Waals surface area contributed by atoms with E-state index in [2.05, 4.69) is 15.3 Å². The summed E-state index contributed by atoms with van der Waals surface area (Å²) < 4.78 is 0. The van der Waals surface area contributed by atoms with Gasteiger partial charge >= 0.3 is 0 Å². The molecular formula is C16H18Cl2N4O. The Bertz CT molecular complexity index is 784. The van der Waals surface area contributed by atoms with E-state index in [0.717, 1.165) is 22.3 Å². The number of hydrogen-bond donors (Lipinski definition) is 3. The van der Waals surface area contributed by atoms with E-state index >= 15 is 0 Å². The maximum atomic E-state index is 12.3. The van der Waals surface area contributed by atoms with Crippen molar-refractivity contribution in [3.05, 3.63) is 59.9 Å². The average Bonchev–Trinajstić information content (AvgIpc) is 2.97. The molecule has 0 aliphatic carbocycles. The molecule has 1 amide bonds. The largest absolute Gasteiger partial charge is 0.346 e. The number of carbonyl (C=O) groups is 1. The van der Waals surface area contributed by atoms with Crippen molar-refractivity contribution in [3.63, 3.8) is 0 Å². The third-order valence-electron chi connectivity index (χ3n) is 3.41. The van der Waals surface area contributed by atoms with Crippen LogP contribution in [0.3, 0.4) is 0 Å². The molecule has 5 nitrogen and oxygen atoms in total. The third-order valence-corrected chi connectivity index (χ3v) is 3.41. The molecule has 2 aromatic heterocycles. The summed E-state index contributed by atoms with van der Waals surface area (Å²) in [4.78, 5) is 19.5. The fourth-order valence-corrected chi connectivity index (χ4v) is 2.20. The summed E-state index contributed by atoms with van der Waals surface area (Å²) in [5.41, 5.74) is 8.89. The van der Waals surface area contributed by atoms with Crippen LogP contribution in [0.15, 0.2) is 48.8 Å². The zero-order valence-electron chi connectivity index (χ0n) is 12.4. The Morgan fingerprint density at radius 2 is 1.87 bits per heavy atom. The summed E-state index contributed by atoms with van der Waals surface area (Å²) >= 11 is 0. The lowest BCUT2D eigenvalue weighted by atomic mass is 10.1. The highest BCUT2D eigenvalue weighted by molar-refractivity contribution is 6.08. The second-order valence-electron chi connectivity index (χ2n) is 4.96. The minimum Gasteiger partial charge on any atom is -0.346 e. The van der Waals surface area contributed by atoms with Gasteiger partial charge in [-0.3, -0.25) is 4.79 Å². The van der Waals surface area contributed by atoms with E-state index in [4.69, 9.17) is 5.73 Å². The standard InChI is InChI=1S/C16H16N4O.2ClH/c1-10(17)11-2-4-12(5-3-11)16(21)20-14-7-9-19-15-13(14)6-8-18-15;;/h2-10H,17H2,1H3,(H2,18,19,20,21);2*1H/t10-;;/m0../s1. The van der Waals surface area contributed by atoms with Gasteiger partial charge in [-0.05, 0) is 36.8 Å². The van der Waals surface area contributed by atoms with Gasteiger partial charge in [-0.25, -0.2) is 4.98 Å². The van der Waals surface area contributed by atoms with Crippen molar-refractivity contribution in [1.29, 1.82) is 0 Å². The minimum absolute atomic E-state index is 0. The SMILES string of the molecule is C[C@H](N)c1ccc(C(=O)Nc2ccnc3[nH]ccc23)cc1.Cl.Cl. The summed E-state index contributed by atoms with van der Waals surface area (Å²) in [5.74, 6) is -0.153. The number of amides is 1. The quantitative estimate of drug-likeness (QED) is 0.672. The Hall–Kier alpha value is -2.08. The molecule has 0 radical (unpaired) electrons. The van der Waals surface area contributed by atoms with Crippen molar-refractivity contribution in [2.45, 2.75) is 13.0 Å². The van der Waals surface area contributed by atoms with E-state index in [1.54, 1.807) is 30.6 Å². The molecule has 1 atom stereocenters. The maximum absolute atomic E-state index is 12.3. The summed E-state index contributed by atoms with van der Waals surface area (Å²) in [7, 11) is 0. The van der Waals surface area contributed by atoms with Crippen molar-refractivity contribution in [1.82, 2.24) is 9.97 Å². The summed E-state index contributed by atoms with van der Waals surface area (Å²) in [6.45, 7) is 1.91. The Kier molecular flexibility index (Phi) is 6.57. The highest BCUT2D eigenvalue weighted by Gasteiger charge is 2.09. The molecule has 4 N–H and O–H groups in total. The molecule has 0 aliphatic heterocycles. The molecule has 0 bridgehead atoms. The van der Waals surface area contributed by atoms with Gasteiger partial charge in [0.2, 0.25) is 0 Å². The number of aromatic amines is 1. The van der Waals surface area contributed by atoms with Gasteiger partial charge in [-0.2, -0.15) is 0 Å². The van der Waals surface area contributed by atoms with Gasteiger partial charge in [0, 0.05) is 29.4 Å². The summed E-state index contributed by atoms with van der Waals surface area (Å²) in [6, 6.07) is 10.9. The molecule has 23 heavy (non-hydrogen) atoms. The van der Waals surface area contributed by atoms with Crippen LogP contribution in [-0.2, 0) is 0 Å². The second-order valence-corrected chi connectivity index (χ2v) is 4.96. The zero-order valence-corrected chi connectivity index (χ0v) is 14.1. The predicted molar refractivity (Wildman–Crippen MR) is 97.6 cm³/mol. The number of H-pyrrole nitrogens is 1. The number of aromatic nitrogens is 2. The van der Waals surface area contributed by atoms with Gasteiger partial charge in [-0.15, -0.1) is 24.8 Å². The summed E-state index contributed by atoms with van der Waals surface area (Å²) in [6.07, 6.45) is 3.46. The number of carbonyl (C=O) groups excluding carboxylic acids is 1. The van der Waals surface area contributed by atoms with Crippen LogP contribution < -0.4 is 11.1 Å². The number of nitrogens with two attached hydrogens (primary N) is 1. The highest BCUT2D eigenvalue weighted by atomic mass is 35.5. The third kappa shape index (κ3) is 4.01. The van der Waals surface area contributed by atoms with Crippen molar-refractivity contribution < 1.29 is 4.79 Å². The lowest BCUT2D eigenvalue weighted by Crippen LogP contribution is -2.12. The van der Waals surface area contributed by atoms with E-state index in [9.17, 15) is 4.79 Å². The molecule has 0 saturated carbocycles. The first-order valence-electron chi connectivity index (χ1n) is 6.74. The molecule has 7 heteroatoms. The molecule has 0 saturated heterocycles. The monoisotopic (exact) mass is 352 g/mol. The number of hydrogen-bond acceptors (Lipinski definition) is 3. The normalized spacial score (nSPS) is 11.2. The van der Waals surface area contributed by atoms with Crippen LogP contribution in [0.25, 0.3) is 11.0 Å². The molecular weight excluding hydrogens is 335 g/mol. The fraction of sp³-hybridized carbons (Fsp3) is 0.125. The maximum Gasteiger partial charge on any atom is 0.255 e. The van der Waals surface area contributed by atoms with Gasteiger partial charge in [0.15, 0.2) is 0 Å². The predicted octanol–water partition coefficient (Wildman–Crippen LogP) is 3.68. The second kappa shape index (κ2) is 7.97. The number of nitrogens with zero attached hydrogens (tertiary/aromatic N) is 1. The van der Waals surface area contributed by atoms with Crippen molar-refractivity contribution >= 4 is 47.4 Å². The van der Waals surface area contributed by atoms with Crippen molar-refractivity contribution in [2.24, 2.45) is 5.73 Å². The first-order chi connectivity index (χ1) is 10.1. The number of anilines is 1. The topological polar surface area (TPSA) is 83.8 Å². The van der Waals surface area contributed by atoms with E-state index < -0.39 is 0 Å². The van der Waals surface area contributed by atoms with Crippen LogP contribution in [0.4, 0.5) is 5.69 Å². The zero-order chi connectivity index (χ0) is 14.8. The molecule has 0 aliphatic rings. The number of nitrogens with one attached hydrogen (secondary N) is 2. The van der Waals surface area contributed by atoms with Crippen LogP contribution in [-0.4, -0.2) is 15.9 Å². The number of benzene rings is 1. The average molecular weight is 353 g/mol. The van der Waals surface area contributed by atoms with Crippen LogP contribution in [0.2, 0.25) is 0 Å². The first-order valence-corrected chi connectivity index (χ1v) is 6.74. The van der Waals surface area contributed by atoms with E-state index in [1.165, 1.54) is 0 Å². The van der Waals surface area contributed by atoms with E-state index in [0.29, 0.717) is 5.56 Å².